The average molecular weight is 287 g/mol. The van der Waals surface area contributed by atoms with Gasteiger partial charge in [0.1, 0.15) is 0 Å². The minimum absolute atomic E-state index is 0. The van der Waals surface area contributed by atoms with Gasteiger partial charge in [0.25, 0.3) is 5.91 Å². The summed E-state index contributed by atoms with van der Waals surface area (Å²) in [5.74, 6) is 0.129. The van der Waals surface area contributed by atoms with Crippen LogP contribution in [-0.2, 0) is 0 Å². The number of amides is 1. The maximum absolute atomic E-state index is 12.2. The van der Waals surface area contributed by atoms with Crippen LogP contribution in [-0.4, -0.2) is 36.2 Å². The molecule has 5 heteroatoms. The third-order valence-electron chi connectivity index (χ3n) is 3.16. The molecule has 1 aromatic rings. The molecule has 0 aromatic heterocycles. The second kappa shape index (κ2) is 7.02. The molecule has 1 amide bonds. The molecule has 0 spiro atoms. The number of likely N-dealkylation sites (tertiary alicyclic amines) is 1. The van der Waals surface area contributed by atoms with Crippen LogP contribution in [0.25, 0.3) is 0 Å². The lowest BCUT2D eigenvalue weighted by Gasteiger charge is -2.30. The molecule has 2 rings (SSSR count). The number of hydrogen-bond donors (Lipinski definition) is 1. The van der Waals surface area contributed by atoms with Gasteiger partial charge in [0.2, 0.25) is 0 Å². The van der Waals surface area contributed by atoms with Crippen molar-refractivity contribution in [2.45, 2.75) is 23.8 Å². The van der Waals surface area contributed by atoms with Crippen molar-refractivity contribution in [1.82, 2.24) is 4.90 Å². The maximum atomic E-state index is 12.2. The van der Waals surface area contributed by atoms with Crippen molar-refractivity contribution in [3.05, 3.63) is 29.8 Å². The first-order valence-corrected chi connectivity index (χ1v) is 7.12. The fourth-order valence-corrected chi connectivity index (χ4v) is 2.43. The number of hydrogen-bond acceptors (Lipinski definition) is 3. The van der Waals surface area contributed by atoms with E-state index in [-0.39, 0.29) is 24.4 Å². The number of nitrogens with two attached hydrogens (primary N) is 1. The van der Waals surface area contributed by atoms with Crippen molar-refractivity contribution in [3.63, 3.8) is 0 Å². The molecule has 3 nitrogen and oxygen atoms in total. The van der Waals surface area contributed by atoms with E-state index in [1.54, 1.807) is 11.8 Å². The van der Waals surface area contributed by atoms with Crippen LogP contribution in [0.15, 0.2) is 29.2 Å². The Morgan fingerprint density at radius 1 is 1.28 bits per heavy atom. The quantitative estimate of drug-likeness (QED) is 0.849. The number of benzene rings is 1. The molecule has 18 heavy (non-hydrogen) atoms. The molecule has 0 bridgehead atoms. The average Bonchev–Trinajstić information content (AvgIpc) is 2.39. The van der Waals surface area contributed by atoms with E-state index in [1.165, 1.54) is 4.90 Å². The Balaban J connectivity index is 0.00000162. The van der Waals surface area contributed by atoms with Gasteiger partial charge in [-0.2, -0.15) is 0 Å². The Hall–Kier alpha value is -0.710. The normalized spacial score (nSPS) is 16.2. The molecule has 100 valence electrons. The van der Waals surface area contributed by atoms with Gasteiger partial charge in [-0.3, -0.25) is 4.79 Å². The lowest BCUT2D eigenvalue weighted by Crippen LogP contribution is -2.42. The van der Waals surface area contributed by atoms with Gasteiger partial charge >= 0.3 is 0 Å². The monoisotopic (exact) mass is 286 g/mol. The van der Waals surface area contributed by atoms with Crippen molar-refractivity contribution < 1.29 is 4.79 Å². The van der Waals surface area contributed by atoms with Crippen LogP contribution in [0.5, 0.6) is 0 Å². The summed E-state index contributed by atoms with van der Waals surface area (Å²) in [6, 6.07) is 8.06. The summed E-state index contributed by atoms with van der Waals surface area (Å²) in [4.78, 5) is 15.3. The summed E-state index contributed by atoms with van der Waals surface area (Å²) in [6.07, 6.45) is 3.85. The first kappa shape index (κ1) is 15.3. The third kappa shape index (κ3) is 3.64. The van der Waals surface area contributed by atoms with Crippen LogP contribution in [0.2, 0.25) is 0 Å². The molecule has 1 saturated heterocycles. The molecule has 0 saturated carbocycles. The highest BCUT2D eigenvalue weighted by atomic mass is 35.5. The SMILES string of the molecule is CSc1ccc(C(=O)N2CCC(N)CC2)cc1.Cl. The number of thioether (sulfide) groups is 1. The molecule has 0 atom stereocenters. The fraction of sp³-hybridized carbons (Fsp3) is 0.462. The van der Waals surface area contributed by atoms with E-state index in [0.717, 1.165) is 31.5 Å². The zero-order valence-corrected chi connectivity index (χ0v) is 12.1. The molecular formula is C13H19ClN2OS. The van der Waals surface area contributed by atoms with Gasteiger partial charge in [-0.25, -0.2) is 0 Å². The third-order valence-corrected chi connectivity index (χ3v) is 3.91. The number of halogens is 1. The molecular weight excluding hydrogens is 268 g/mol. The van der Waals surface area contributed by atoms with Crippen LogP contribution in [0.3, 0.4) is 0 Å². The molecule has 1 fully saturated rings. The number of carbonyl (C=O) groups is 1. The Kier molecular flexibility index (Phi) is 5.99. The van der Waals surface area contributed by atoms with Gasteiger partial charge in [-0.1, -0.05) is 0 Å². The second-order valence-electron chi connectivity index (χ2n) is 4.36. The molecule has 0 radical (unpaired) electrons. The van der Waals surface area contributed by atoms with E-state index in [9.17, 15) is 4.79 Å². The molecule has 1 heterocycles. The van der Waals surface area contributed by atoms with Crippen LogP contribution in [0, 0.1) is 0 Å². The second-order valence-corrected chi connectivity index (χ2v) is 5.24. The van der Waals surface area contributed by atoms with Crippen molar-refractivity contribution >= 4 is 30.1 Å². The summed E-state index contributed by atoms with van der Waals surface area (Å²) in [7, 11) is 0. The van der Waals surface area contributed by atoms with Crippen molar-refractivity contribution in [1.29, 1.82) is 0 Å². The highest BCUT2D eigenvalue weighted by Gasteiger charge is 2.21. The summed E-state index contributed by atoms with van der Waals surface area (Å²) in [5.41, 5.74) is 6.61. The van der Waals surface area contributed by atoms with E-state index < -0.39 is 0 Å². The Morgan fingerprint density at radius 3 is 2.33 bits per heavy atom. The van der Waals surface area contributed by atoms with Gasteiger partial charge in [0.15, 0.2) is 0 Å². The smallest absolute Gasteiger partial charge is 0.253 e. The first-order chi connectivity index (χ1) is 8.20. The number of piperidine rings is 1. The predicted octanol–water partition coefficient (Wildman–Crippen LogP) is 2.39. The molecule has 1 aromatic carbocycles. The molecule has 2 N–H and O–H groups in total. The van der Waals surface area contributed by atoms with Crippen LogP contribution in [0.4, 0.5) is 0 Å². The number of rotatable bonds is 2. The van der Waals surface area contributed by atoms with Crippen molar-refractivity contribution in [2.24, 2.45) is 5.73 Å². The van der Waals surface area contributed by atoms with Crippen LogP contribution >= 0.6 is 24.2 Å². The van der Waals surface area contributed by atoms with E-state index in [0.29, 0.717) is 0 Å². The van der Waals surface area contributed by atoms with Crippen LogP contribution < -0.4 is 5.73 Å². The molecule has 0 aliphatic carbocycles. The Bertz CT molecular complexity index is 388. The standard InChI is InChI=1S/C13H18N2OS.ClH/c1-17-12-4-2-10(3-5-12)13(16)15-8-6-11(14)7-9-15;/h2-5,11H,6-9,14H2,1H3;1H. The maximum Gasteiger partial charge on any atom is 0.253 e. The van der Waals surface area contributed by atoms with Gasteiger partial charge in [-0.05, 0) is 43.4 Å². The van der Waals surface area contributed by atoms with Gasteiger partial charge in [-0.15, -0.1) is 24.2 Å². The van der Waals surface area contributed by atoms with Gasteiger partial charge in [0.05, 0.1) is 0 Å². The minimum Gasteiger partial charge on any atom is -0.339 e. The summed E-state index contributed by atoms with van der Waals surface area (Å²) >= 11 is 1.68. The highest BCUT2D eigenvalue weighted by molar-refractivity contribution is 7.98. The lowest BCUT2D eigenvalue weighted by molar-refractivity contribution is 0.0714. The van der Waals surface area contributed by atoms with E-state index in [1.807, 2.05) is 35.4 Å². The first-order valence-electron chi connectivity index (χ1n) is 5.89. The highest BCUT2D eigenvalue weighted by Crippen LogP contribution is 2.17. The largest absolute Gasteiger partial charge is 0.339 e. The molecule has 1 aliphatic heterocycles. The zero-order chi connectivity index (χ0) is 12.3. The summed E-state index contributed by atoms with van der Waals surface area (Å²) in [5, 5.41) is 0. The zero-order valence-electron chi connectivity index (χ0n) is 10.5. The lowest BCUT2D eigenvalue weighted by atomic mass is 10.1. The van der Waals surface area contributed by atoms with E-state index >= 15 is 0 Å². The van der Waals surface area contributed by atoms with Crippen LogP contribution in [0.1, 0.15) is 23.2 Å². The van der Waals surface area contributed by atoms with Crippen molar-refractivity contribution in [3.8, 4) is 0 Å². The Morgan fingerprint density at radius 2 is 1.83 bits per heavy atom. The predicted molar refractivity (Wildman–Crippen MR) is 78.6 cm³/mol. The molecule has 0 unspecified atom stereocenters. The number of carbonyl (C=O) groups excluding carboxylic acids is 1. The van der Waals surface area contributed by atoms with Crippen molar-refractivity contribution in [2.75, 3.05) is 19.3 Å². The topological polar surface area (TPSA) is 46.3 Å². The summed E-state index contributed by atoms with van der Waals surface area (Å²) < 4.78 is 0. The summed E-state index contributed by atoms with van der Waals surface area (Å²) in [6.45, 7) is 1.56. The van der Waals surface area contributed by atoms with E-state index in [2.05, 4.69) is 0 Å². The minimum atomic E-state index is 0. The van der Waals surface area contributed by atoms with E-state index in [4.69, 9.17) is 5.73 Å². The number of nitrogens with zero attached hydrogens (tertiary/aromatic N) is 1. The van der Waals surface area contributed by atoms with Gasteiger partial charge in [0, 0.05) is 29.6 Å². The molecule has 1 aliphatic rings. The Labute approximate surface area is 119 Å². The van der Waals surface area contributed by atoms with Gasteiger partial charge < -0.3 is 10.6 Å². The fourth-order valence-electron chi connectivity index (χ4n) is 2.02.